The number of halogens is 1. The maximum atomic E-state index is 14.7. The van der Waals surface area contributed by atoms with Crippen molar-refractivity contribution in [1.29, 1.82) is 0 Å². The molecule has 0 saturated carbocycles. The van der Waals surface area contributed by atoms with Crippen LogP contribution in [-0.4, -0.2) is 30.0 Å². The fraction of sp³-hybridized carbons (Fsp3) is 0.286. The molecule has 0 fully saturated rings. The molecule has 1 aromatic carbocycles. The maximum Gasteiger partial charge on any atom is 0.357 e. The molecule has 0 spiro atoms. The lowest BCUT2D eigenvalue weighted by Gasteiger charge is -2.26. The quantitative estimate of drug-likeness (QED) is 0.569. The van der Waals surface area contributed by atoms with E-state index in [1.807, 2.05) is 0 Å². The summed E-state index contributed by atoms with van der Waals surface area (Å²) in [6.07, 6.45) is 3.47. The number of carbonyl (C=O) groups excluding carboxylic acids is 2. The number of carbonyl (C=O) groups is 2. The predicted octanol–water partition coefficient (Wildman–Crippen LogP) is 3.99. The zero-order valence-corrected chi connectivity index (χ0v) is 15.0. The molecule has 27 heavy (non-hydrogen) atoms. The molecular weight excluding hydrogens is 349 g/mol. The van der Waals surface area contributed by atoms with Gasteiger partial charge in [0, 0.05) is 17.5 Å². The van der Waals surface area contributed by atoms with E-state index in [1.165, 1.54) is 12.1 Å². The van der Waals surface area contributed by atoms with Crippen LogP contribution in [0.4, 0.5) is 4.39 Å². The first-order valence-corrected chi connectivity index (χ1v) is 8.81. The molecular formula is C21H20FNO4. The summed E-state index contributed by atoms with van der Waals surface area (Å²) in [6, 6.07) is 6.32. The van der Waals surface area contributed by atoms with E-state index < -0.39 is 11.8 Å². The Balaban J connectivity index is 2.13. The van der Waals surface area contributed by atoms with Gasteiger partial charge in [0.2, 0.25) is 5.88 Å². The molecule has 0 radical (unpaired) electrons. The smallest absolute Gasteiger partial charge is 0.357 e. The molecule has 0 aliphatic carbocycles. The van der Waals surface area contributed by atoms with Crippen LogP contribution in [0.15, 0.2) is 30.8 Å². The summed E-state index contributed by atoms with van der Waals surface area (Å²) in [5.41, 5.74) is 2.31. The first-order valence-electron chi connectivity index (χ1n) is 8.81. The van der Waals surface area contributed by atoms with E-state index in [-0.39, 0.29) is 30.7 Å². The second-order valence-corrected chi connectivity index (χ2v) is 6.18. The van der Waals surface area contributed by atoms with Crippen molar-refractivity contribution in [3.63, 3.8) is 0 Å². The van der Waals surface area contributed by atoms with Gasteiger partial charge < -0.3 is 14.3 Å². The molecule has 0 saturated heterocycles. The molecule has 0 N–H and O–H groups in total. The fourth-order valence-corrected chi connectivity index (χ4v) is 3.11. The number of nitrogens with zero attached hydrogens (tertiary/aromatic N) is 1. The molecule has 2 heterocycles. The monoisotopic (exact) mass is 369 g/mol. The van der Waals surface area contributed by atoms with Crippen LogP contribution in [0.3, 0.4) is 0 Å². The van der Waals surface area contributed by atoms with E-state index in [0.717, 1.165) is 11.8 Å². The fourth-order valence-electron chi connectivity index (χ4n) is 3.11. The predicted molar refractivity (Wildman–Crippen MR) is 99.1 cm³/mol. The van der Waals surface area contributed by atoms with Gasteiger partial charge in [0.05, 0.1) is 6.61 Å². The van der Waals surface area contributed by atoms with Crippen LogP contribution >= 0.6 is 0 Å². The Morgan fingerprint density at radius 3 is 2.89 bits per heavy atom. The molecule has 1 aliphatic heterocycles. The summed E-state index contributed by atoms with van der Waals surface area (Å²) in [5, 5.41) is 0. The van der Waals surface area contributed by atoms with Crippen LogP contribution in [0.25, 0.3) is 17.2 Å². The summed E-state index contributed by atoms with van der Waals surface area (Å²) >= 11 is 0. The largest absolute Gasteiger partial charge is 0.474 e. The maximum absolute atomic E-state index is 14.7. The average Bonchev–Trinajstić information content (AvgIpc) is 2.67. The second kappa shape index (κ2) is 8.12. The van der Waals surface area contributed by atoms with E-state index in [0.29, 0.717) is 29.5 Å². The molecule has 1 aliphatic rings. The van der Waals surface area contributed by atoms with Gasteiger partial charge in [-0.3, -0.25) is 0 Å². The Morgan fingerprint density at radius 2 is 2.22 bits per heavy atom. The number of pyridine rings is 1. The van der Waals surface area contributed by atoms with Crippen molar-refractivity contribution >= 4 is 18.3 Å². The van der Waals surface area contributed by atoms with Gasteiger partial charge in [-0.25, -0.2) is 14.2 Å². The number of rotatable bonds is 6. The number of benzene rings is 1. The van der Waals surface area contributed by atoms with Gasteiger partial charge in [-0.05, 0) is 43.0 Å². The third-order valence-corrected chi connectivity index (χ3v) is 4.44. The molecule has 6 heteroatoms. The Hall–Kier alpha value is -3.02. The van der Waals surface area contributed by atoms with Gasteiger partial charge in [-0.2, -0.15) is 0 Å². The molecule has 1 aromatic heterocycles. The highest BCUT2D eigenvalue weighted by atomic mass is 19.1. The van der Waals surface area contributed by atoms with E-state index >= 15 is 0 Å². The lowest BCUT2D eigenvalue weighted by molar-refractivity contribution is -0.109. The number of esters is 1. The molecule has 2 aromatic rings. The molecule has 140 valence electrons. The van der Waals surface area contributed by atoms with Crippen molar-refractivity contribution in [2.75, 3.05) is 6.61 Å². The van der Waals surface area contributed by atoms with E-state index in [1.54, 1.807) is 25.1 Å². The van der Waals surface area contributed by atoms with Gasteiger partial charge >= 0.3 is 5.97 Å². The third kappa shape index (κ3) is 3.89. The summed E-state index contributed by atoms with van der Waals surface area (Å²) in [7, 11) is 0. The van der Waals surface area contributed by atoms with Gasteiger partial charge in [-0.1, -0.05) is 24.8 Å². The zero-order chi connectivity index (χ0) is 19.4. The highest BCUT2D eigenvalue weighted by Crippen LogP contribution is 2.37. The summed E-state index contributed by atoms with van der Waals surface area (Å²) in [4.78, 5) is 27.3. The summed E-state index contributed by atoms with van der Waals surface area (Å²) in [6.45, 7) is 5.54. The highest BCUT2D eigenvalue weighted by molar-refractivity contribution is 5.90. The van der Waals surface area contributed by atoms with Gasteiger partial charge in [0.1, 0.15) is 18.2 Å². The number of ether oxygens (including phenoxy) is 2. The van der Waals surface area contributed by atoms with Crippen LogP contribution in [0.2, 0.25) is 0 Å². The van der Waals surface area contributed by atoms with Crippen molar-refractivity contribution in [1.82, 2.24) is 4.98 Å². The standard InChI is InChI=1S/C21H20FNO4/c1-3-13-5-7-15(18(22)11-13)17-12-19(21(25)26-4-2)23-20-16(17)8-6-14(27-20)9-10-24/h3,5,7,10-12,14H,1,4,6,8-9H2,2H3/t14-/m0/s1. The Bertz CT molecular complexity index is 894. The molecule has 0 unspecified atom stereocenters. The van der Waals surface area contributed by atoms with E-state index in [4.69, 9.17) is 9.47 Å². The number of aldehydes is 1. The minimum Gasteiger partial charge on any atom is -0.474 e. The molecule has 5 nitrogen and oxygen atoms in total. The van der Waals surface area contributed by atoms with E-state index in [2.05, 4.69) is 11.6 Å². The SMILES string of the molecule is C=Cc1ccc(-c2cc(C(=O)OCC)nc3c2CC[C@@H](CC=O)O3)c(F)c1. The number of hydrogen-bond donors (Lipinski definition) is 0. The van der Waals surface area contributed by atoms with E-state index in [9.17, 15) is 14.0 Å². The van der Waals surface area contributed by atoms with Crippen LogP contribution in [0.1, 0.15) is 41.4 Å². The van der Waals surface area contributed by atoms with Crippen molar-refractivity contribution in [3.8, 4) is 17.0 Å². The third-order valence-electron chi connectivity index (χ3n) is 4.44. The van der Waals surface area contributed by atoms with Gasteiger partial charge in [-0.15, -0.1) is 0 Å². The van der Waals surface area contributed by atoms with Crippen molar-refractivity contribution < 1.29 is 23.5 Å². The molecule has 0 amide bonds. The van der Waals surface area contributed by atoms with Gasteiger partial charge in [0.15, 0.2) is 5.69 Å². The topological polar surface area (TPSA) is 65.5 Å². The number of hydrogen-bond acceptors (Lipinski definition) is 5. The zero-order valence-electron chi connectivity index (χ0n) is 15.0. The van der Waals surface area contributed by atoms with Crippen LogP contribution in [0.5, 0.6) is 5.88 Å². The number of aromatic nitrogens is 1. The first-order chi connectivity index (χ1) is 13.1. The van der Waals surface area contributed by atoms with Crippen LogP contribution in [0, 0.1) is 5.82 Å². The molecule has 0 bridgehead atoms. The Kier molecular flexibility index (Phi) is 5.64. The molecule has 1 atom stereocenters. The van der Waals surface area contributed by atoms with Gasteiger partial charge in [0.25, 0.3) is 0 Å². The van der Waals surface area contributed by atoms with Crippen LogP contribution in [-0.2, 0) is 16.0 Å². The summed E-state index contributed by atoms with van der Waals surface area (Å²) < 4.78 is 25.5. The normalized spacial score (nSPS) is 15.4. The van der Waals surface area contributed by atoms with Crippen molar-refractivity contribution in [2.24, 2.45) is 0 Å². The van der Waals surface area contributed by atoms with Crippen molar-refractivity contribution in [2.45, 2.75) is 32.3 Å². The average molecular weight is 369 g/mol. The molecule has 3 rings (SSSR count). The Labute approximate surface area is 156 Å². The lowest BCUT2D eigenvalue weighted by Crippen LogP contribution is -2.25. The highest BCUT2D eigenvalue weighted by Gasteiger charge is 2.27. The number of fused-ring (bicyclic) bond motifs is 1. The second-order valence-electron chi connectivity index (χ2n) is 6.18. The Morgan fingerprint density at radius 1 is 1.41 bits per heavy atom. The lowest BCUT2D eigenvalue weighted by atomic mass is 9.93. The van der Waals surface area contributed by atoms with Crippen molar-refractivity contribution in [3.05, 3.63) is 53.5 Å². The minimum absolute atomic E-state index is 0.0459. The minimum atomic E-state index is -0.606. The summed E-state index contributed by atoms with van der Waals surface area (Å²) in [5.74, 6) is -0.780. The van der Waals surface area contributed by atoms with Crippen LogP contribution < -0.4 is 4.74 Å². The first kappa shape index (κ1) is 18.8.